The summed E-state index contributed by atoms with van der Waals surface area (Å²) in [5.41, 5.74) is 1.34. The first-order valence-corrected chi connectivity index (χ1v) is 14.2. The second-order valence-electron chi connectivity index (χ2n) is 8.51. The molecular weight excluding hydrogens is 470 g/mol. The van der Waals surface area contributed by atoms with Crippen LogP contribution in [-0.4, -0.2) is 53.1 Å². The van der Waals surface area contributed by atoms with Gasteiger partial charge < -0.3 is 5.32 Å². The molecule has 0 atom stereocenters. The number of piperidine rings is 1. The van der Waals surface area contributed by atoms with E-state index in [2.05, 4.69) is 5.32 Å². The molecule has 1 aliphatic rings. The summed E-state index contributed by atoms with van der Waals surface area (Å²) >= 11 is 6.10. The van der Waals surface area contributed by atoms with Crippen molar-refractivity contribution in [2.24, 2.45) is 5.92 Å². The van der Waals surface area contributed by atoms with E-state index in [4.69, 9.17) is 11.6 Å². The molecule has 1 heterocycles. The summed E-state index contributed by atoms with van der Waals surface area (Å²) in [5.74, 6) is 0.127. The van der Waals surface area contributed by atoms with E-state index in [9.17, 15) is 16.8 Å². The lowest BCUT2D eigenvalue weighted by molar-refractivity contribution is 0.332. The lowest BCUT2D eigenvalue weighted by atomic mass is 10.1. The predicted octanol–water partition coefficient (Wildman–Crippen LogP) is 4.03. The minimum atomic E-state index is -3.77. The minimum Gasteiger partial charge on any atom is -0.382 e. The van der Waals surface area contributed by atoms with Crippen LogP contribution in [0.15, 0.2) is 53.4 Å². The van der Waals surface area contributed by atoms with Gasteiger partial charge in [0.1, 0.15) is 0 Å². The van der Waals surface area contributed by atoms with E-state index in [1.165, 1.54) is 14.9 Å². The highest BCUT2D eigenvalue weighted by Crippen LogP contribution is 2.28. The molecule has 0 amide bonds. The van der Waals surface area contributed by atoms with Gasteiger partial charge in [-0.15, -0.1) is 0 Å². The maximum atomic E-state index is 13.4. The van der Waals surface area contributed by atoms with Crippen LogP contribution in [0, 0.1) is 5.92 Å². The van der Waals surface area contributed by atoms with Gasteiger partial charge in [0.15, 0.2) is 0 Å². The molecule has 3 rings (SSSR count). The first kappa shape index (κ1) is 24.8. The summed E-state index contributed by atoms with van der Waals surface area (Å²) in [7, 11) is -6.93. The van der Waals surface area contributed by atoms with Crippen LogP contribution in [0.4, 0.5) is 11.4 Å². The standard InChI is InChI=1S/C22H30ClN3O4S2/c1-17(2)16-26(21-6-4-5-18(23)15-21)32(29,30)22-9-7-19(8-10-22)24-20-11-13-25(14-12-20)31(3,27)28/h4-10,15,17,20,24H,11-14,16H2,1-3H3. The van der Waals surface area contributed by atoms with Crippen molar-refractivity contribution in [1.29, 1.82) is 0 Å². The van der Waals surface area contributed by atoms with Crippen molar-refractivity contribution in [3.05, 3.63) is 53.6 Å². The van der Waals surface area contributed by atoms with Crippen LogP contribution in [-0.2, 0) is 20.0 Å². The third kappa shape index (κ3) is 6.15. The summed E-state index contributed by atoms with van der Waals surface area (Å²) in [6.07, 6.45) is 2.62. The number of nitrogens with one attached hydrogen (secondary N) is 1. The molecule has 1 fully saturated rings. The number of benzene rings is 2. The zero-order valence-corrected chi connectivity index (χ0v) is 20.9. The lowest BCUT2D eigenvalue weighted by Gasteiger charge is -2.31. The zero-order chi connectivity index (χ0) is 23.5. The number of hydrogen-bond donors (Lipinski definition) is 1. The van der Waals surface area contributed by atoms with Crippen LogP contribution in [0.3, 0.4) is 0 Å². The second-order valence-corrected chi connectivity index (χ2v) is 12.8. The Morgan fingerprint density at radius 2 is 1.69 bits per heavy atom. The van der Waals surface area contributed by atoms with Gasteiger partial charge in [-0.05, 0) is 61.2 Å². The summed E-state index contributed by atoms with van der Waals surface area (Å²) in [4.78, 5) is 0.204. The van der Waals surface area contributed by atoms with Crippen molar-refractivity contribution in [2.75, 3.05) is 35.5 Å². The molecule has 1 aliphatic heterocycles. The van der Waals surface area contributed by atoms with Crippen LogP contribution in [0.2, 0.25) is 5.02 Å². The summed E-state index contributed by atoms with van der Waals surface area (Å²) in [6.45, 7) is 5.23. The predicted molar refractivity (Wildman–Crippen MR) is 130 cm³/mol. The molecule has 176 valence electrons. The smallest absolute Gasteiger partial charge is 0.264 e. The molecule has 1 N–H and O–H groups in total. The van der Waals surface area contributed by atoms with Crippen LogP contribution < -0.4 is 9.62 Å². The van der Waals surface area contributed by atoms with Crippen molar-refractivity contribution in [3.63, 3.8) is 0 Å². The fourth-order valence-electron chi connectivity index (χ4n) is 3.72. The highest BCUT2D eigenvalue weighted by Gasteiger charge is 2.27. The van der Waals surface area contributed by atoms with Crippen molar-refractivity contribution in [2.45, 2.75) is 37.6 Å². The largest absolute Gasteiger partial charge is 0.382 e. The first-order chi connectivity index (χ1) is 15.0. The van der Waals surface area contributed by atoms with Crippen molar-refractivity contribution >= 4 is 43.0 Å². The number of sulfonamides is 2. The van der Waals surface area contributed by atoms with Gasteiger partial charge in [-0.3, -0.25) is 4.31 Å². The number of halogens is 1. The molecule has 0 unspecified atom stereocenters. The van der Waals surface area contributed by atoms with Gasteiger partial charge in [0.2, 0.25) is 10.0 Å². The zero-order valence-electron chi connectivity index (χ0n) is 18.5. The van der Waals surface area contributed by atoms with E-state index in [1.54, 1.807) is 48.5 Å². The molecule has 2 aromatic rings. The quantitative estimate of drug-likeness (QED) is 0.592. The molecule has 1 saturated heterocycles. The molecule has 7 nitrogen and oxygen atoms in total. The Labute approximate surface area is 196 Å². The number of hydrogen-bond acceptors (Lipinski definition) is 5. The Kier molecular flexibility index (Phi) is 7.75. The van der Waals surface area contributed by atoms with E-state index in [0.717, 1.165) is 5.69 Å². The first-order valence-electron chi connectivity index (χ1n) is 10.6. The number of rotatable bonds is 8. The summed E-state index contributed by atoms with van der Waals surface area (Å²) < 4.78 is 53.0. The Morgan fingerprint density at radius 3 is 2.22 bits per heavy atom. The SMILES string of the molecule is CC(C)CN(c1cccc(Cl)c1)S(=O)(=O)c1ccc(NC2CCN(S(C)(=O)=O)CC2)cc1. The van der Waals surface area contributed by atoms with Gasteiger partial charge in [0.25, 0.3) is 10.0 Å². The van der Waals surface area contributed by atoms with E-state index in [0.29, 0.717) is 43.2 Å². The van der Waals surface area contributed by atoms with Gasteiger partial charge in [0, 0.05) is 36.4 Å². The Balaban J connectivity index is 1.75. The lowest BCUT2D eigenvalue weighted by Crippen LogP contribution is -2.41. The second kappa shape index (κ2) is 9.99. The fraction of sp³-hybridized carbons (Fsp3) is 0.455. The van der Waals surface area contributed by atoms with E-state index < -0.39 is 20.0 Å². The molecule has 2 aromatic carbocycles. The number of anilines is 2. The van der Waals surface area contributed by atoms with Crippen molar-refractivity contribution in [1.82, 2.24) is 4.31 Å². The van der Waals surface area contributed by atoms with Crippen LogP contribution >= 0.6 is 11.6 Å². The normalized spacial score (nSPS) is 16.3. The molecule has 32 heavy (non-hydrogen) atoms. The highest BCUT2D eigenvalue weighted by molar-refractivity contribution is 7.92. The van der Waals surface area contributed by atoms with Gasteiger partial charge in [-0.2, -0.15) is 0 Å². The molecule has 10 heteroatoms. The number of nitrogens with zero attached hydrogens (tertiary/aromatic N) is 2. The molecule has 0 spiro atoms. The molecular formula is C22H30ClN3O4S2. The molecule has 0 aromatic heterocycles. The van der Waals surface area contributed by atoms with Crippen molar-refractivity contribution < 1.29 is 16.8 Å². The topological polar surface area (TPSA) is 86.8 Å². The van der Waals surface area contributed by atoms with E-state index in [-0.39, 0.29) is 16.9 Å². The molecule has 0 bridgehead atoms. The average molecular weight is 500 g/mol. The van der Waals surface area contributed by atoms with Crippen LogP contribution in [0.1, 0.15) is 26.7 Å². The minimum absolute atomic E-state index is 0.127. The average Bonchev–Trinajstić information content (AvgIpc) is 2.72. The third-order valence-electron chi connectivity index (χ3n) is 5.36. The summed E-state index contributed by atoms with van der Waals surface area (Å²) in [6, 6.07) is 13.7. The van der Waals surface area contributed by atoms with Crippen LogP contribution in [0.5, 0.6) is 0 Å². The summed E-state index contributed by atoms with van der Waals surface area (Å²) in [5, 5.41) is 3.86. The monoisotopic (exact) mass is 499 g/mol. The van der Waals surface area contributed by atoms with E-state index >= 15 is 0 Å². The van der Waals surface area contributed by atoms with Gasteiger partial charge in [-0.1, -0.05) is 31.5 Å². The maximum absolute atomic E-state index is 13.4. The Bertz CT molecular complexity index is 1130. The van der Waals surface area contributed by atoms with E-state index in [1.807, 2.05) is 13.8 Å². The Morgan fingerprint density at radius 1 is 1.06 bits per heavy atom. The molecule has 0 saturated carbocycles. The van der Waals surface area contributed by atoms with Crippen LogP contribution in [0.25, 0.3) is 0 Å². The molecule has 0 radical (unpaired) electrons. The maximum Gasteiger partial charge on any atom is 0.264 e. The Hall–Kier alpha value is -1.81. The van der Waals surface area contributed by atoms with Gasteiger partial charge in [0.05, 0.1) is 16.8 Å². The fourth-order valence-corrected chi connectivity index (χ4v) is 6.40. The highest BCUT2D eigenvalue weighted by atomic mass is 35.5. The third-order valence-corrected chi connectivity index (χ3v) is 8.71. The van der Waals surface area contributed by atoms with Crippen molar-refractivity contribution in [3.8, 4) is 0 Å². The molecule has 0 aliphatic carbocycles. The van der Waals surface area contributed by atoms with Gasteiger partial charge in [-0.25, -0.2) is 21.1 Å². The van der Waals surface area contributed by atoms with Gasteiger partial charge >= 0.3 is 0 Å².